The van der Waals surface area contributed by atoms with Crippen LogP contribution in [0.5, 0.6) is 0 Å². The van der Waals surface area contributed by atoms with Crippen molar-refractivity contribution >= 4 is 11.6 Å². The van der Waals surface area contributed by atoms with Crippen molar-refractivity contribution in [2.45, 2.75) is 25.9 Å². The predicted octanol–water partition coefficient (Wildman–Crippen LogP) is 6.15. The van der Waals surface area contributed by atoms with E-state index in [2.05, 4.69) is 0 Å². The molecule has 0 saturated carbocycles. The van der Waals surface area contributed by atoms with Crippen molar-refractivity contribution in [2.24, 2.45) is 0 Å². The predicted molar refractivity (Wildman–Crippen MR) is 76.0 cm³/mol. The maximum absolute atomic E-state index is 12.8. The number of halogens is 4. The molecule has 0 amide bonds. The van der Waals surface area contributed by atoms with E-state index < -0.39 is 11.7 Å². The monoisotopic (exact) mass is 298 g/mol. The molecular formula is C16H14ClF3. The summed E-state index contributed by atoms with van der Waals surface area (Å²) in [5.74, 6) is 0.205. The Morgan fingerprint density at radius 1 is 1.00 bits per heavy atom. The van der Waals surface area contributed by atoms with E-state index in [4.69, 9.17) is 11.6 Å². The lowest BCUT2D eigenvalue weighted by Crippen LogP contribution is -2.04. The first-order valence-corrected chi connectivity index (χ1v) is 6.64. The van der Waals surface area contributed by atoms with Gasteiger partial charge < -0.3 is 0 Å². The zero-order valence-electron chi connectivity index (χ0n) is 11.1. The van der Waals surface area contributed by atoms with Crippen molar-refractivity contribution in [3.63, 3.8) is 0 Å². The molecule has 0 aliphatic rings. The van der Waals surface area contributed by atoms with E-state index >= 15 is 0 Å². The molecule has 2 aromatic carbocycles. The third kappa shape index (κ3) is 3.15. The highest BCUT2D eigenvalue weighted by Gasteiger charge is 2.30. The Labute approximate surface area is 121 Å². The molecule has 0 aliphatic carbocycles. The molecule has 0 aliphatic heterocycles. The third-order valence-corrected chi connectivity index (χ3v) is 3.37. The van der Waals surface area contributed by atoms with Gasteiger partial charge in [-0.3, -0.25) is 0 Å². The number of rotatable bonds is 2. The molecule has 0 heterocycles. The first-order chi connectivity index (χ1) is 9.29. The van der Waals surface area contributed by atoms with Gasteiger partial charge in [-0.2, -0.15) is 13.2 Å². The van der Waals surface area contributed by atoms with Crippen LogP contribution in [0.1, 0.15) is 30.9 Å². The molecule has 106 valence electrons. The second-order valence-corrected chi connectivity index (χ2v) is 5.40. The van der Waals surface area contributed by atoms with E-state index in [0.717, 1.165) is 23.3 Å². The number of hydrogen-bond donors (Lipinski definition) is 0. The average molecular weight is 299 g/mol. The summed E-state index contributed by atoms with van der Waals surface area (Å²) in [4.78, 5) is 0. The average Bonchev–Trinajstić information content (AvgIpc) is 2.37. The fourth-order valence-electron chi connectivity index (χ4n) is 2.15. The van der Waals surface area contributed by atoms with Gasteiger partial charge in [0.2, 0.25) is 0 Å². The van der Waals surface area contributed by atoms with Gasteiger partial charge in [-0.1, -0.05) is 43.6 Å². The summed E-state index contributed by atoms with van der Waals surface area (Å²) in [6.45, 7) is 4.00. The van der Waals surface area contributed by atoms with Gasteiger partial charge in [0.15, 0.2) is 0 Å². The standard InChI is InChI=1S/C16H14ClF3/c1-10(2)14-7-6-13(17)9-15(14)11-4-3-5-12(8-11)16(18,19)20/h3-10H,1-2H3. The van der Waals surface area contributed by atoms with Crippen LogP contribution < -0.4 is 0 Å². The second kappa shape index (κ2) is 5.49. The topological polar surface area (TPSA) is 0 Å². The summed E-state index contributed by atoms with van der Waals surface area (Å²) in [5, 5.41) is 0.516. The van der Waals surface area contributed by atoms with Gasteiger partial charge in [0.1, 0.15) is 0 Å². The number of hydrogen-bond acceptors (Lipinski definition) is 0. The Balaban J connectivity index is 2.59. The molecule has 0 saturated heterocycles. The molecule has 0 spiro atoms. The zero-order chi connectivity index (χ0) is 14.9. The Kier molecular flexibility index (Phi) is 4.09. The van der Waals surface area contributed by atoms with Crippen molar-refractivity contribution in [3.05, 3.63) is 58.6 Å². The molecule has 0 aromatic heterocycles. The van der Waals surface area contributed by atoms with Gasteiger partial charge in [-0.25, -0.2) is 0 Å². The molecule has 0 N–H and O–H groups in total. The zero-order valence-corrected chi connectivity index (χ0v) is 11.9. The largest absolute Gasteiger partial charge is 0.416 e. The van der Waals surface area contributed by atoms with Crippen LogP contribution in [0.25, 0.3) is 11.1 Å². The minimum atomic E-state index is -4.34. The van der Waals surface area contributed by atoms with Gasteiger partial charge >= 0.3 is 6.18 Å². The van der Waals surface area contributed by atoms with Gasteiger partial charge in [-0.15, -0.1) is 0 Å². The lowest BCUT2D eigenvalue weighted by Gasteiger charge is -2.15. The smallest absolute Gasteiger partial charge is 0.166 e. The second-order valence-electron chi connectivity index (χ2n) is 4.96. The van der Waals surface area contributed by atoms with Crippen molar-refractivity contribution in [1.82, 2.24) is 0 Å². The molecule has 0 unspecified atom stereocenters. The molecule has 4 heteroatoms. The van der Waals surface area contributed by atoms with Crippen LogP contribution in [-0.2, 0) is 6.18 Å². The highest BCUT2D eigenvalue weighted by Crippen LogP contribution is 2.35. The molecule has 0 atom stereocenters. The maximum atomic E-state index is 12.8. The van der Waals surface area contributed by atoms with E-state index in [1.54, 1.807) is 18.2 Å². The van der Waals surface area contributed by atoms with Gasteiger partial charge in [0.05, 0.1) is 5.56 Å². The molecule has 0 radical (unpaired) electrons. The molecule has 20 heavy (non-hydrogen) atoms. The molecule has 0 fully saturated rings. The quantitative estimate of drug-likeness (QED) is 0.624. The van der Waals surface area contributed by atoms with Crippen LogP contribution in [0.3, 0.4) is 0 Å². The third-order valence-electron chi connectivity index (χ3n) is 3.14. The van der Waals surface area contributed by atoms with E-state index in [1.807, 2.05) is 19.9 Å². The Morgan fingerprint density at radius 2 is 1.70 bits per heavy atom. The minimum Gasteiger partial charge on any atom is -0.166 e. The first-order valence-electron chi connectivity index (χ1n) is 6.26. The first kappa shape index (κ1) is 14.9. The van der Waals surface area contributed by atoms with Gasteiger partial charge in [0, 0.05) is 5.02 Å². The van der Waals surface area contributed by atoms with Crippen LogP contribution in [0.4, 0.5) is 13.2 Å². The number of alkyl halides is 3. The van der Waals surface area contributed by atoms with Crippen LogP contribution in [0, 0.1) is 0 Å². The van der Waals surface area contributed by atoms with Crippen LogP contribution in [0.2, 0.25) is 5.02 Å². The lowest BCUT2D eigenvalue weighted by molar-refractivity contribution is -0.137. The summed E-state index contributed by atoms with van der Waals surface area (Å²) < 4.78 is 38.4. The van der Waals surface area contributed by atoms with E-state index in [0.29, 0.717) is 10.6 Å². The van der Waals surface area contributed by atoms with Crippen molar-refractivity contribution in [3.8, 4) is 11.1 Å². The molecule has 2 rings (SSSR count). The maximum Gasteiger partial charge on any atom is 0.416 e. The Bertz CT molecular complexity index is 615. The van der Waals surface area contributed by atoms with Gasteiger partial charge in [0.25, 0.3) is 0 Å². The normalized spacial score (nSPS) is 11.9. The van der Waals surface area contributed by atoms with Gasteiger partial charge in [-0.05, 0) is 46.9 Å². The van der Waals surface area contributed by atoms with Crippen LogP contribution in [0.15, 0.2) is 42.5 Å². The molecular weight excluding hydrogens is 285 g/mol. The summed E-state index contributed by atoms with van der Waals surface area (Å²) in [6.07, 6.45) is -4.34. The molecule has 0 nitrogen and oxygen atoms in total. The van der Waals surface area contributed by atoms with Crippen molar-refractivity contribution < 1.29 is 13.2 Å². The van der Waals surface area contributed by atoms with Crippen molar-refractivity contribution in [2.75, 3.05) is 0 Å². The van der Waals surface area contributed by atoms with Crippen LogP contribution >= 0.6 is 11.6 Å². The Morgan fingerprint density at radius 3 is 2.30 bits per heavy atom. The SMILES string of the molecule is CC(C)c1ccc(Cl)cc1-c1cccc(C(F)(F)F)c1. The van der Waals surface area contributed by atoms with E-state index in [-0.39, 0.29) is 5.92 Å². The molecule has 2 aromatic rings. The fraction of sp³-hybridized carbons (Fsp3) is 0.250. The summed E-state index contributed by atoms with van der Waals surface area (Å²) in [6, 6.07) is 10.7. The molecule has 0 bridgehead atoms. The minimum absolute atomic E-state index is 0.205. The highest BCUT2D eigenvalue weighted by molar-refractivity contribution is 6.30. The van der Waals surface area contributed by atoms with E-state index in [1.165, 1.54) is 6.07 Å². The summed E-state index contributed by atoms with van der Waals surface area (Å²) in [5.41, 5.74) is 1.61. The summed E-state index contributed by atoms with van der Waals surface area (Å²) >= 11 is 5.98. The van der Waals surface area contributed by atoms with E-state index in [9.17, 15) is 13.2 Å². The summed E-state index contributed by atoms with van der Waals surface area (Å²) in [7, 11) is 0. The fourth-order valence-corrected chi connectivity index (χ4v) is 2.32. The Hall–Kier alpha value is -1.48. The van der Waals surface area contributed by atoms with Crippen LogP contribution in [-0.4, -0.2) is 0 Å². The highest BCUT2D eigenvalue weighted by atomic mass is 35.5. The lowest BCUT2D eigenvalue weighted by atomic mass is 9.92. The number of benzene rings is 2. The van der Waals surface area contributed by atoms with Crippen molar-refractivity contribution in [1.29, 1.82) is 0 Å².